The van der Waals surface area contributed by atoms with E-state index in [2.05, 4.69) is 35.3 Å². The van der Waals surface area contributed by atoms with Crippen LogP contribution < -0.4 is 21.8 Å². The maximum atomic E-state index is 11.3. The van der Waals surface area contributed by atoms with Crippen LogP contribution in [0.2, 0.25) is 0 Å². The monoisotopic (exact) mass is 372 g/mol. The van der Waals surface area contributed by atoms with Crippen molar-refractivity contribution in [2.75, 3.05) is 25.6 Å². The fourth-order valence-electron chi connectivity index (χ4n) is 2.58. The average Bonchev–Trinajstić information content (AvgIpc) is 3.28. The molecule has 0 spiro atoms. The van der Waals surface area contributed by atoms with E-state index in [4.69, 9.17) is 4.74 Å². The maximum absolute atomic E-state index is 11.3. The van der Waals surface area contributed by atoms with Crippen molar-refractivity contribution in [1.82, 2.24) is 29.5 Å². The molecular weight excluding hydrogens is 352 g/mol. The standard InChI is InChI=1S/C16H20N8O3/c1-27-6-2-5-17-14-21-12-9(7-11-13(25)22-16(26)20-11)8-18-24(12)15(23-14)19-10-3-4-10/h7-8,10,25H,2-6H2,1H3,(H,17,19,23)(H2,20,22,26). The summed E-state index contributed by atoms with van der Waals surface area (Å²) in [6.07, 6.45) is 6.09. The van der Waals surface area contributed by atoms with Crippen molar-refractivity contribution in [3.05, 3.63) is 33.2 Å². The zero-order valence-corrected chi connectivity index (χ0v) is 14.8. The molecule has 3 heterocycles. The molecule has 4 rings (SSSR count). The Morgan fingerprint density at radius 1 is 1.44 bits per heavy atom. The Labute approximate surface area is 152 Å². The molecule has 0 bridgehead atoms. The largest absolute Gasteiger partial charge is 0.493 e. The normalized spacial score (nSPS) is 15.7. The Kier molecular flexibility index (Phi) is 4.59. The number of aromatic amines is 2. The van der Waals surface area contributed by atoms with Gasteiger partial charge in [-0.05, 0) is 25.3 Å². The quantitative estimate of drug-likeness (QED) is 0.385. The second-order valence-corrected chi connectivity index (χ2v) is 6.30. The van der Waals surface area contributed by atoms with Crippen molar-refractivity contribution < 1.29 is 9.84 Å². The minimum Gasteiger partial charge on any atom is -0.493 e. The lowest BCUT2D eigenvalue weighted by molar-refractivity contribution is 0.197. The summed E-state index contributed by atoms with van der Waals surface area (Å²) in [5, 5.41) is 17.9. The highest BCUT2D eigenvalue weighted by Crippen LogP contribution is 2.22. The fraction of sp³-hybridized carbons (Fsp3) is 0.438. The fourth-order valence-corrected chi connectivity index (χ4v) is 2.58. The molecule has 0 radical (unpaired) electrons. The van der Waals surface area contributed by atoms with Gasteiger partial charge < -0.3 is 20.1 Å². The molecule has 3 aromatic rings. The molecule has 0 amide bonds. The number of anilines is 1. The Hall–Kier alpha value is -3.21. The summed E-state index contributed by atoms with van der Waals surface area (Å²) in [4.78, 5) is 29.7. The molecule has 3 aromatic heterocycles. The number of nitrogens with one attached hydrogen (secondary N) is 3. The van der Waals surface area contributed by atoms with E-state index in [9.17, 15) is 9.90 Å². The number of rotatable bonds is 7. The van der Waals surface area contributed by atoms with Crippen molar-refractivity contribution in [2.45, 2.75) is 25.3 Å². The van der Waals surface area contributed by atoms with Gasteiger partial charge in [-0.25, -0.2) is 9.79 Å². The predicted molar refractivity (Wildman–Crippen MR) is 96.2 cm³/mol. The third-order valence-electron chi connectivity index (χ3n) is 4.07. The summed E-state index contributed by atoms with van der Waals surface area (Å²) in [6, 6.07) is 0.270. The van der Waals surface area contributed by atoms with E-state index in [0.717, 1.165) is 19.3 Å². The molecule has 1 saturated carbocycles. The van der Waals surface area contributed by atoms with E-state index in [0.29, 0.717) is 35.6 Å². The molecule has 0 aromatic carbocycles. The lowest BCUT2D eigenvalue weighted by Crippen LogP contribution is -2.25. The Morgan fingerprint density at radius 2 is 2.30 bits per heavy atom. The lowest BCUT2D eigenvalue weighted by atomic mass is 10.3. The van der Waals surface area contributed by atoms with Crippen LogP contribution in [0.4, 0.5) is 5.95 Å². The maximum Gasteiger partial charge on any atom is 0.326 e. The van der Waals surface area contributed by atoms with Gasteiger partial charge in [-0.1, -0.05) is 0 Å². The Morgan fingerprint density at radius 3 is 3.00 bits per heavy atom. The molecule has 0 unspecified atom stereocenters. The van der Waals surface area contributed by atoms with Gasteiger partial charge in [0.05, 0.1) is 12.2 Å². The molecule has 0 atom stereocenters. The van der Waals surface area contributed by atoms with Gasteiger partial charge in [-0.3, -0.25) is 4.98 Å². The van der Waals surface area contributed by atoms with Crippen LogP contribution in [0.25, 0.3) is 11.7 Å². The molecule has 0 saturated heterocycles. The number of fused-ring (bicyclic) bond motifs is 1. The van der Waals surface area contributed by atoms with Gasteiger partial charge in [-0.2, -0.15) is 19.6 Å². The molecule has 142 valence electrons. The van der Waals surface area contributed by atoms with Gasteiger partial charge in [-0.15, -0.1) is 0 Å². The summed E-state index contributed by atoms with van der Waals surface area (Å²) < 4.78 is 6.61. The number of aromatic hydroxyl groups is 1. The predicted octanol–water partition coefficient (Wildman–Crippen LogP) is -1.09. The van der Waals surface area contributed by atoms with E-state index in [-0.39, 0.29) is 17.6 Å². The van der Waals surface area contributed by atoms with Crippen molar-refractivity contribution in [3.8, 4) is 5.88 Å². The molecule has 1 fully saturated rings. The van der Waals surface area contributed by atoms with Crippen LogP contribution in [-0.2, 0) is 4.74 Å². The molecular formula is C16H20N8O3. The lowest BCUT2D eigenvalue weighted by Gasteiger charge is -2.04. The van der Waals surface area contributed by atoms with E-state index < -0.39 is 5.69 Å². The molecule has 11 heteroatoms. The summed E-state index contributed by atoms with van der Waals surface area (Å²) in [7, 11) is 1.66. The van der Waals surface area contributed by atoms with E-state index in [1.807, 2.05) is 0 Å². The second kappa shape index (κ2) is 7.19. The van der Waals surface area contributed by atoms with E-state index in [1.165, 1.54) is 0 Å². The summed E-state index contributed by atoms with van der Waals surface area (Å²) in [6.45, 7) is 1.30. The first-order chi connectivity index (χ1) is 13.1. The SMILES string of the molecule is COCCCNc1nc(=NC2CC2)n2ncc(=Cc3[nH]c(=O)[nH]c3O)c2n1. The molecule has 4 N–H and O–H groups in total. The highest BCUT2D eigenvalue weighted by atomic mass is 16.5. The second-order valence-electron chi connectivity index (χ2n) is 6.30. The summed E-state index contributed by atoms with van der Waals surface area (Å²) in [5.74, 6) is 0.203. The van der Waals surface area contributed by atoms with Crippen LogP contribution in [0.15, 0.2) is 16.0 Å². The summed E-state index contributed by atoms with van der Waals surface area (Å²) in [5.41, 5.74) is 0.766. The minimum atomic E-state index is -0.491. The molecule has 1 aliphatic rings. The highest BCUT2D eigenvalue weighted by Gasteiger charge is 2.20. The first-order valence-corrected chi connectivity index (χ1v) is 8.69. The number of aromatic nitrogens is 6. The Balaban J connectivity index is 1.79. The number of hydrogen-bond donors (Lipinski definition) is 4. The third-order valence-corrected chi connectivity index (χ3v) is 4.07. The molecule has 1 aliphatic carbocycles. The van der Waals surface area contributed by atoms with Crippen LogP contribution in [0.3, 0.4) is 0 Å². The van der Waals surface area contributed by atoms with Crippen LogP contribution >= 0.6 is 0 Å². The molecule has 11 nitrogen and oxygen atoms in total. The van der Waals surface area contributed by atoms with Crippen molar-refractivity contribution in [1.29, 1.82) is 0 Å². The first-order valence-electron chi connectivity index (χ1n) is 8.69. The minimum absolute atomic E-state index is 0.241. The number of nitrogens with zero attached hydrogens (tertiary/aromatic N) is 5. The van der Waals surface area contributed by atoms with Crippen molar-refractivity contribution >= 4 is 17.7 Å². The highest BCUT2D eigenvalue weighted by molar-refractivity contribution is 5.57. The van der Waals surface area contributed by atoms with Crippen LogP contribution in [0, 0.1) is 0 Å². The summed E-state index contributed by atoms with van der Waals surface area (Å²) >= 11 is 0. The van der Waals surface area contributed by atoms with Gasteiger partial charge in [0.15, 0.2) is 5.65 Å². The van der Waals surface area contributed by atoms with Crippen molar-refractivity contribution in [2.24, 2.45) is 4.99 Å². The number of imidazole rings is 1. The topological polar surface area (TPSA) is 146 Å². The number of H-pyrrole nitrogens is 2. The molecule has 27 heavy (non-hydrogen) atoms. The number of ether oxygens (including phenoxy) is 1. The van der Waals surface area contributed by atoms with E-state index >= 15 is 0 Å². The van der Waals surface area contributed by atoms with Gasteiger partial charge >= 0.3 is 5.69 Å². The van der Waals surface area contributed by atoms with Crippen molar-refractivity contribution in [3.63, 3.8) is 0 Å². The number of methoxy groups -OCH3 is 1. The van der Waals surface area contributed by atoms with Gasteiger partial charge in [0.2, 0.25) is 11.8 Å². The average molecular weight is 372 g/mol. The van der Waals surface area contributed by atoms with Crippen LogP contribution in [-0.4, -0.2) is 61.0 Å². The zero-order chi connectivity index (χ0) is 18.8. The van der Waals surface area contributed by atoms with Gasteiger partial charge in [0, 0.05) is 25.5 Å². The van der Waals surface area contributed by atoms with Crippen LogP contribution in [0.5, 0.6) is 5.88 Å². The van der Waals surface area contributed by atoms with E-state index in [1.54, 1.807) is 23.9 Å². The number of hydrogen-bond acceptors (Lipinski definition) is 8. The van der Waals surface area contributed by atoms with Gasteiger partial charge in [0.25, 0.3) is 5.62 Å². The molecule has 0 aliphatic heterocycles. The van der Waals surface area contributed by atoms with Crippen LogP contribution in [0.1, 0.15) is 25.0 Å². The first kappa shape index (κ1) is 17.2. The smallest absolute Gasteiger partial charge is 0.326 e. The Bertz CT molecular complexity index is 1120. The third kappa shape index (κ3) is 3.82. The zero-order valence-electron chi connectivity index (χ0n) is 14.8. The van der Waals surface area contributed by atoms with Gasteiger partial charge in [0.1, 0.15) is 5.69 Å².